The number of halogens is 3. The molecule has 130 valence electrons. The van der Waals surface area contributed by atoms with Gasteiger partial charge in [0.05, 0.1) is 24.7 Å². The van der Waals surface area contributed by atoms with Crippen molar-refractivity contribution in [2.45, 2.75) is 44.7 Å². The van der Waals surface area contributed by atoms with Crippen molar-refractivity contribution < 1.29 is 32.2 Å². The molecule has 0 unspecified atom stereocenters. The Morgan fingerprint density at radius 2 is 2.17 bits per heavy atom. The van der Waals surface area contributed by atoms with Crippen LogP contribution in [0.2, 0.25) is 0 Å². The fourth-order valence-electron chi connectivity index (χ4n) is 3.06. The number of nitrogens with zero attached hydrogens (tertiary/aromatic N) is 1. The summed E-state index contributed by atoms with van der Waals surface area (Å²) in [6.07, 6.45) is 1.92. The largest absolute Gasteiger partial charge is 0.490 e. The van der Waals surface area contributed by atoms with Crippen LogP contribution < -0.4 is 0 Å². The average molecular weight is 335 g/mol. The fourth-order valence-corrected chi connectivity index (χ4v) is 3.06. The van der Waals surface area contributed by atoms with Gasteiger partial charge in [0.2, 0.25) is 0 Å². The molecule has 0 spiro atoms. The Labute approximate surface area is 132 Å². The highest BCUT2D eigenvalue weighted by Crippen LogP contribution is 2.33. The molecule has 3 rings (SSSR count). The second kappa shape index (κ2) is 7.35. The number of aliphatic carboxylic acids is 1. The van der Waals surface area contributed by atoms with Gasteiger partial charge in [-0.3, -0.25) is 4.90 Å². The first-order valence-corrected chi connectivity index (χ1v) is 7.44. The highest BCUT2D eigenvalue weighted by Gasteiger charge is 2.38. The second-order valence-corrected chi connectivity index (χ2v) is 5.94. The van der Waals surface area contributed by atoms with Crippen LogP contribution in [0.1, 0.15) is 25.3 Å². The summed E-state index contributed by atoms with van der Waals surface area (Å²) >= 11 is 0. The number of fused-ring (bicyclic) bond motifs is 1. The van der Waals surface area contributed by atoms with Crippen molar-refractivity contribution in [2.75, 3.05) is 13.1 Å². The predicted molar refractivity (Wildman–Crippen MR) is 74.7 cm³/mol. The van der Waals surface area contributed by atoms with Gasteiger partial charge in [0.1, 0.15) is 0 Å². The number of rotatable bonds is 2. The van der Waals surface area contributed by atoms with Gasteiger partial charge in [-0.2, -0.15) is 13.2 Å². The van der Waals surface area contributed by atoms with Gasteiger partial charge in [-0.15, -0.1) is 0 Å². The van der Waals surface area contributed by atoms with Crippen LogP contribution in [0.5, 0.6) is 0 Å². The molecule has 1 N–H and O–H groups in total. The zero-order valence-corrected chi connectivity index (χ0v) is 12.8. The molecular weight excluding hydrogens is 315 g/mol. The van der Waals surface area contributed by atoms with Crippen LogP contribution >= 0.6 is 0 Å². The van der Waals surface area contributed by atoms with Crippen LogP contribution in [-0.4, -0.2) is 47.4 Å². The molecule has 1 aromatic heterocycles. The summed E-state index contributed by atoms with van der Waals surface area (Å²) < 4.78 is 42.7. The number of likely N-dealkylation sites (tertiary alicyclic amines) is 1. The number of furan rings is 1. The molecule has 0 saturated carbocycles. The van der Waals surface area contributed by atoms with Crippen LogP contribution in [0, 0.1) is 5.92 Å². The van der Waals surface area contributed by atoms with Crippen LogP contribution in [0.4, 0.5) is 13.2 Å². The molecule has 2 aliphatic heterocycles. The Hall–Kier alpha value is -1.54. The Balaban J connectivity index is 0.000000236. The van der Waals surface area contributed by atoms with E-state index in [1.54, 1.807) is 6.26 Å². The maximum absolute atomic E-state index is 10.6. The molecule has 3 heterocycles. The minimum Gasteiger partial charge on any atom is -0.475 e. The zero-order chi connectivity index (χ0) is 17.0. The first-order valence-electron chi connectivity index (χ1n) is 7.44. The van der Waals surface area contributed by atoms with E-state index in [-0.39, 0.29) is 0 Å². The van der Waals surface area contributed by atoms with Crippen molar-refractivity contribution in [3.05, 3.63) is 24.2 Å². The zero-order valence-electron chi connectivity index (χ0n) is 12.8. The summed E-state index contributed by atoms with van der Waals surface area (Å²) in [6, 6.07) is 2.06. The Morgan fingerprint density at radius 3 is 2.74 bits per heavy atom. The van der Waals surface area contributed by atoms with Crippen LogP contribution in [0.15, 0.2) is 23.0 Å². The van der Waals surface area contributed by atoms with Crippen molar-refractivity contribution in [2.24, 2.45) is 5.92 Å². The van der Waals surface area contributed by atoms with E-state index < -0.39 is 12.1 Å². The van der Waals surface area contributed by atoms with Gasteiger partial charge in [0.25, 0.3) is 0 Å². The SMILES string of the molecule is C[C@H]1C[C@H]2CN(Cc3ccoc3)CC[C@@H]2O1.O=C(O)C(F)(F)F. The van der Waals surface area contributed by atoms with Gasteiger partial charge in [0.15, 0.2) is 0 Å². The van der Waals surface area contributed by atoms with Crippen molar-refractivity contribution in [1.29, 1.82) is 0 Å². The van der Waals surface area contributed by atoms with Gasteiger partial charge in [0, 0.05) is 31.1 Å². The van der Waals surface area contributed by atoms with E-state index in [0.29, 0.717) is 12.2 Å². The van der Waals surface area contributed by atoms with Gasteiger partial charge >= 0.3 is 12.1 Å². The number of hydrogen-bond acceptors (Lipinski definition) is 4. The molecule has 3 atom stereocenters. The van der Waals surface area contributed by atoms with Crippen molar-refractivity contribution >= 4 is 5.97 Å². The highest BCUT2D eigenvalue weighted by atomic mass is 19.4. The smallest absolute Gasteiger partial charge is 0.475 e. The van der Waals surface area contributed by atoms with Gasteiger partial charge in [-0.25, -0.2) is 4.79 Å². The summed E-state index contributed by atoms with van der Waals surface area (Å²) in [5, 5.41) is 7.12. The van der Waals surface area contributed by atoms with Gasteiger partial charge in [-0.1, -0.05) is 0 Å². The van der Waals surface area contributed by atoms with E-state index in [1.807, 2.05) is 6.26 Å². The summed E-state index contributed by atoms with van der Waals surface area (Å²) in [5.74, 6) is -2.01. The third-order valence-corrected chi connectivity index (χ3v) is 4.02. The molecule has 1 aromatic rings. The molecular formula is C15H20F3NO4. The summed E-state index contributed by atoms with van der Waals surface area (Å²) in [4.78, 5) is 11.4. The van der Waals surface area contributed by atoms with E-state index in [0.717, 1.165) is 19.0 Å². The second-order valence-electron chi connectivity index (χ2n) is 5.94. The van der Waals surface area contributed by atoms with E-state index in [2.05, 4.69) is 17.9 Å². The Morgan fingerprint density at radius 1 is 1.48 bits per heavy atom. The first-order chi connectivity index (χ1) is 10.8. The molecule has 2 aliphatic rings. The van der Waals surface area contributed by atoms with Crippen LogP contribution in [0.3, 0.4) is 0 Å². The molecule has 0 aliphatic carbocycles. The average Bonchev–Trinajstić information content (AvgIpc) is 3.06. The topological polar surface area (TPSA) is 62.9 Å². The summed E-state index contributed by atoms with van der Waals surface area (Å²) in [5.41, 5.74) is 1.28. The molecule has 2 saturated heterocycles. The lowest BCUT2D eigenvalue weighted by atomic mass is 9.93. The number of carboxylic acids is 1. The Bertz CT molecular complexity index is 503. The molecule has 0 aromatic carbocycles. The Kier molecular flexibility index (Phi) is 5.69. The number of carbonyl (C=O) groups is 1. The summed E-state index contributed by atoms with van der Waals surface area (Å²) in [6.45, 7) is 5.55. The summed E-state index contributed by atoms with van der Waals surface area (Å²) in [7, 11) is 0. The normalized spacial score (nSPS) is 27.9. The molecule has 2 fully saturated rings. The molecule has 5 nitrogen and oxygen atoms in total. The van der Waals surface area contributed by atoms with E-state index in [9.17, 15) is 13.2 Å². The van der Waals surface area contributed by atoms with E-state index >= 15 is 0 Å². The molecule has 0 amide bonds. The van der Waals surface area contributed by atoms with Crippen molar-refractivity contribution in [1.82, 2.24) is 4.90 Å². The molecule has 0 bridgehead atoms. The number of carboxylic acid groups (broad SMARTS) is 1. The minimum atomic E-state index is -5.08. The first kappa shape index (κ1) is 17.8. The third kappa shape index (κ3) is 5.24. The standard InChI is InChI=1S/C13H19NO2.C2HF3O2/c1-10-6-12-8-14(4-2-13(12)16-10)7-11-3-5-15-9-11;3-2(4,5)1(6)7/h3,5,9-10,12-13H,2,4,6-8H2,1H3;(H,6,7)/t10-,12-,13-;/m0./s1. The third-order valence-electron chi connectivity index (χ3n) is 4.02. The number of hydrogen-bond donors (Lipinski definition) is 1. The maximum Gasteiger partial charge on any atom is 0.490 e. The number of piperidine rings is 1. The quantitative estimate of drug-likeness (QED) is 0.900. The van der Waals surface area contributed by atoms with Crippen molar-refractivity contribution in [3.63, 3.8) is 0 Å². The lowest BCUT2D eigenvalue weighted by molar-refractivity contribution is -0.192. The monoisotopic (exact) mass is 335 g/mol. The van der Waals surface area contributed by atoms with Crippen molar-refractivity contribution in [3.8, 4) is 0 Å². The fraction of sp³-hybridized carbons (Fsp3) is 0.667. The lowest BCUT2D eigenvalue weighted by Crippen LogP contribution is -2.40. The van der Waals surface area contributed by atoms with E-state index in [1.165, 1.54) is 24.9 Å². The molecule has 23 heavy (non-hydrogen) atoms. The molecule has 0 radical (unpaired) electrons. The predicted octanol–water partition coefficient (Wildman–Crippen LogP) is 2.91. The van der Waals surface area contributed by atoms with Gasteiger partial charge in [-0.05, 0) is 25.8 Å². The molecule has 8 heteroatoms. The minimum absolute atomic E-state index is 0.462. The van der Waals surface area contributed by atoms with E-state index in [4.69, 9.17) is 19.1 Å². The number of alkyl halides is 3. The van der Waals surface area contributed by atoms with Gasteiger partial charge < -0.3 is 14.3 Å². The highest BCUT2D eigenvalue weighted by molar-refractivity contribution is 5.73. The maximum atomic E-state index is 10.6. The lowest BCUT2D eigenvalue weighted by Gasteiger charge is -2.33. The van der Waals surface area contributed by atoms with Crippen LogP contribution in [0.25, 0.3) is 0 Å². The number of ether oxygens (including phenoxy) is 1. The van der Waals surface area contributed by atoms with Crippen LogP contribution in [-0.2, 0) is 16.1 Å².